The molecule has 1 saturated heterocycles. The average Bonchev–Trinajstić information content (AvgIpc) is 2.57. The predicted molar refractivity (Wildman–Crippen MR) is 65.1 cm³/mol. The molecule has 1 heterocycles. The maximum absolute atomic E-state index is 5.79. The zero-order chi connectivity index (χ0) is 11.1. The van der Waals surface area contributed by atoms with Crippen molar-refractivity contribution in [2.75, 3.05) is 13.1 Å². The third-order valence-corrected chi connectivity index (χ3v) is 3.00. The van der Waals surface area contributed by atoms with Crippen molar-refractivity contribution < 1.29 is 4.74 Å². The van der Waals surface area contributed by atoms with E-state index in [1.165, 1.54) is 38.6 Å². The summed E-state index contributed by atoms with van der Waals surface area (Å²) in [6.45, 7) is 9.00. The van der Waals surface area contributed by atoms with Crippen molar-refractivity contribution in [3.05, 3.63) is 0 Å². The molecule has 0 amide bonds. The highest BCUT2D eigenvalue weighted by atomic mass is 16.5. The van der Waals surface area contributed by atoms with Crippen LogP contribution in [0.4, 0.5) is 0 Å². The second-order valence-electron chi connectivity index (χ2n) is 5.24. The van der Waals surface area contributed by atoms with Crippen LogP contribution in [0.5, 0.6) is 0 Å². The van der Waals surface area contributed by atoms with Crippen LogP contribution in [0.2, 0.25) is 0 Å². The molecule has 1 fully saturated rings. The highest BCUT2D eigenvalue weighted by Crippen LogP contribution is 2.22. The Hall–Kier alpha value is -0.0800. The molecule has 0 spiro atoms. The quantitative estimate of drug-likeness (QED) is 0.656. The Bertz CT molecular complexity index is 159. The van der Waals surface area contributed by atoms with Crippen molar-refractivity contribution >= 4 is 0 Å². The van der Waals surface area contributed by atoms with Gasteiger partial charge >= 0.3 is 0 Å². The standard InChI is InChI=1S/C13H27NO/c1-11(2)10-14-9-5-4-6-13-8-7-12(3)15-13/h11-14H,4-10H2,1-3H3. The Balaban J connectivity index is 1.85. The molecule has 90 valence electrons. The van der Waals surface area contributed by atoms with Crippen molar-refractivity contribution in [1.82, 2.24) is 5.32 Å². The SMILES string of the molecule is CC(C)CNCCCCC1CCC(C)O1. The zero-order valence-corrected chi connectivity index (χ0v) is 10.6. The van der Waals surface area contributed by atoms with Crippen molar-refractivity contribution in [3.8, 4) is 0 Å². The molecule has 0 radical (unpaired) electrons. The lowest BCUT2D eigenvalue weighted by molar-refractivity contribution is 0.0495. The van der Waals surface area contributed by atoms with Gasteiger partial charge in [0.05, 0.1) is 12.2 Å². The van der Waals surface area contributed by atoms with Gasteiger partial charge < -0.3 is 10.1 Å². The molecule has 2 unspecified atom stereocenters. The van der Waals surface area contributed by atoms with Crippen LogP contribution in [0.1, 0.15) is 52.9 Å². The van der Waals surface area contributed by atoms with Crippen LogP contribution < -0.4 is 5.32 Å². The summed E-state index contributed by atoms with van der Waals surface area (Å²) in [5.41, 5.74) is 0. The van der Waals surface area contributed by atoms with Crippen LogP contribution in [0.25, 0.3) is 0 Å². The molecule has 2 nitrogen and oxygen atoms in total. The van der Waals surface area contributed by atoms with Gasteiger partial charge in [0.2, 0.25) is 0 Å². The largest absolute Gasteiger partial charge is 0.375 e. The lowest BCUT2D eigenvalue weighted by Gasteiger charge is -2.11. The van der Waals surface area contributed by atoms with Crippen LogP contribution in [0, 0.1) is 5.92 Å². The van der Waals surface area contributed by atoms with Crippen LogP contribution in [-0.4, -0.2) is 25.3 Å². The molecule has 1 aliphatic rings. The van der Waals surface area contributed by atoms with E-state index in [9.17, 15) is 0 Å². The Morgan fingerprint density at radius 3 is 2.67 bits per heavy atom. The van der Waals surface area contributed by atoms with Gasteiger partial charge in [-0.25, -0.2) is 0 Å². The molecule has 2 atom stereocenters. The predicted octanol–water partition coefficient (Wildman–Crippen LogP) is 2.97. The van der Waals surface area contributed by atoms with Crippen LogP contribution in [0.3, 0.4) is 0 Å². The highest BCUT2D eigenvalue weighted by Gasteiger charge is 2.20. The summed E-state index contributed by atoms with van der Waals surface area (Å²) in [7, 11) is 0. The van der Waals surface area contributed by atoms with Gasteiger partial charge in [-0.05, 0) is 58.0 Å². The summed E-state index contributed by atoms with van der Waals surface area (Å²) in [5, 5.41) is 3.48. The average molecular weight is 213 g/mol. The van der Waals surface area contributed by atoms with E-state index in [0.29, 0.717) is 12.2 Å². The number of hydrogen-bond donors (Lipinski definition) is 1. The smallest absolute Gasteiger partial charge is 0.0579 e. The van der Waals surface area contributed by atoms with Crippen molar-refractivity contribution in [3.63, 3.8) is 0 Å². The molecule has 0 aliphatic carbocycles. The number of nitrogens with one attached hydrogen (secondary N) is 1. The first-order valence-corrected chi connectivity index (χ1v) is 6.54. The first-order valence-electron chi connectivity index (χ1n) is 6.54. The molecular formula is C13H27NO. The van der Waals surface area contributed by atoms with Gasteiger partial charge in [-0.2, -0.15) is 0 Å². The molecular weight excluding hydrogens is 186 g/mol. The van der Waals surface area contributed by atoms with Crippen molar-refractivity contribution in [2.24, 2.45) is 5.92 Å². The summed E-state index contributed by atoms with van der Waals surface area (Å²) >= 11 is 0. The van der Waals surface area contributed by atoms with Crippen LogP contribution >= 0.6 is 0 Å². The fourth-order valence-corrected chi connectivity index (χ4v) is 2.11. The van der Waals surface area contributed by atoms with E-state index in [4.69, 9.17) is 4.74 Å². The second kappa shape index (κ2) is 7.24. The lowest BCUT2D eigenvalue weighted by atomic mass is 10.1. The number of rotatable bonds is 7. The maximum atomic E-state index is 5.79. The number of hydrogen-bond acceptors (Lipinski definition) is 2. The maximum Gasteiger partial charge on any atom is 0.0579 e. The minimum absolute atomic E-state index is 0.508. The molecule has 1 rings (SSSR count). The van der Waals surface area contributed by atoms with E-state index in [1.54, 1.807) is 0 Å². The Morgan fingerprint density at radius 1 is 1.27 bits per heavy atom. The zero-order valence-electron chi connectivity index (χ0n) is 10.6. The topological polar surface area (TPSA) is 21.3 Å². The highest BCUT2D eigenvalue weighted by molar-refractivity contribution is 4.70. The van der Waals surface area contributed by atoms with Gasteiger partial charge in [0.15, 0.2) is 0 Å². The van der Waals surface area contributed by atoms with E-state index < -0.39 is 0 Å². The van der Waals surface area contributed by atoms with E-state index in [0.717, 1.165) is 12.5 Å². The Morgan fingerprint density at radius 2 is 2.07 bits per heavy atom. The Labute approximate surface area is 94.8 Å². The van der Waals surface area contributed by atoms with Gasteiger partial charge in [-0.1, -0.05) is 13.8 Å². The summed E-state index contributed by atoms with van der Waals surface area (Å²) in [4.78, 5) is 0. The van der Waals surface area contributed by atoms with Gasteiger partial charge in [0, 0.05) is 0 Å². The fraction of sp³-hybridized carbons (Fsp3) is 1.00. The normalized spacial score (nSPS) is 26.4. The van der Waals surface area contributed by atoms with Crippen LogP contribution in [-0.2, 0) is 4.74 Å². The first kappa shape index (κ1) is 13.0. The van der Waals surface area contributed by atoms with Crippen molar-refractivity contribution in [2.45, 2.75) is 65.1 Å². The minimum Gasteiger partial charge on any atom is -0.375 e. The summed E-state index contributed by atoms with van der Waals surface area (Å²) < 4.78 is 5.79. The molecule has 1 aliphatic heterocycles. The lowest BCUT2D eigenvalue weighted by Crippen LogP contribution is -2.21. The van der Waals surface area contributed by atoms with Gasteiger partial charge in [0.25, 0.3) is 0 Å². The van der Waals surface area contributed by atoms with Crippen molar-refractivity contribution in [1.29, 1.82) is 0 Å². The molecule has 1 N–H and O–H groups in total. The van der Waals surface area contributed by atoms with Crippen LogP contribution in [0.15, 0.2) is 0 Å². The molecule has 15 heavy (non-hydrogen) atoms. The first-order chi connectivity index (χ1) is 7.18. The van der Waals surface area contributed by atoms with Gasteiger partial charge in [0.1, 0.15) is 0 Å². The van der Waals surface area contributed by atoms with E-state index in [-0.39, 0.29) is 0 Å². The van der Waals surface area contributed by atoms with Gasteiger partial charge in [-0.3, -0.25) is 0 Å². The third-order valence-electron chi connectivity index (χ3n) is 3.00. The summed E-state index contributed by atoms with van der Waals surface area (Å²) in [6, 6.07) is 0. The van der Waals surface area contributed by atoms with Gasteiger partial charge in [-0.15, -0.1) is 0 Å². The third kappa shape index (κ3) is 6.16. The summed E-state index contributed by atoms with van der Waals surface area (Å²) in [6.07, 6.45) is 7.47. The molecule has 0 bridgehead atoms. The molecule has 0 aromatic rings. The monoisotopic (exact) mass is 213 g/mol. The summed E-state index contributed by atoms with van der Waals surface area (Å²) in [5.74, 6) is 0.768. The minimum atomic E-state index is 0.508. The Kier molecular flexibility index (Phi) is 6.26. The molecule has 0 saturated carbocycles. The molecule has 2 heteroatoms. The molecule has 0 aromatic carbocycles. The van der Waals surface area contributed by atoms with E-state index >= 15 is 0 Å². The number of unbranched alkanes of at least 4 members (excludes halogenated alkanes) is 1. The van der Waals surface area contributed by atoms with E-state index in [2.05, 4.69) is 26.1 Å². The second-order valence-corrected chi connectivity index (χ2v) is 5.24. The fourth-order valence-electron chi connectivity index (χ4n) is 2.11. The number of ether oxygens (including phenoxy) is 1. The molecule has 0 aromatic heterocycles. The van der Waals surface area contributed by atoms with E-state index in [1.807, 2.05) is 0 Å².